The van der Waals surface area contributed by atoms with Crippen LogP contribution in [-0.2, 0) is 13.5 Å². The number of benzene rings is 1. The van der Waals surface area contributed by atoms with Gasteiger partial charge in [0.15, 0.2) is 0 Å². The molecule has 0 bridgehead atoms. The summed E-state index contributed by atoms with van der Waals surface area (Å²) >= 11 is 1.94. The lowest BCUT2D eigenvalue weighted by Gasteiger charge is -2.16. The third-order valence-corrected chi connectivity index (χ3v) is 4.95. The highest BCUT2D eigenvalue weighted by Crippen LogP contribution is 2.23. The van der Waals surface area contributed by atoms with Crippen LogP contribution in [0.5, 0.6) is 0 Å². The van der Waals surface area contributed by atoms with Gasteiger partial charge in [-0.3, -0.25) is 4.68 Å². The number of nitrogens with one attached hydrogen (secondary N) is 1. The maximum Gasteiger partial charge on any atom is 0.0492 e. The minimum Gasteiger partial charge on any atom is -0.316 e. The molecule has 108 valence electrons. The molecule has 0 radical (unpaired) electrons. The molecule has 1 N–H and O–H groups in total. The second kappa shape index (κ2) is 7.50. The Morgan fingerprint density at radius 1 is 1.30 bits per heavy atom. The van der Waals surface area contributed by atoms with Gasteiger partial charge in [-0.05, 0) is 44.5 Å². The van der Waals surface area contributed by atoms with Crippen LogP contribution in [0.4, 0.5) is 0 Å². The topological polar surface area (TPSA) is 29.9 Å². The quantitative estimate of drug-likeness (QED) is 0.795. The lowest BCUT2D eigenvalue weighted by atomic mass is 10.1. The molecule has 0 saturated heterocycles. The molecule has 0 amide bonds. The average Bonchev–Trinajstić information content (AvgIpc) is 2.86. The van der Waals surface area contributed by atoms with Crippen molar-refractivity contribution in [3.05, 3.63) is 47.8 Å². The second-order valence-corrected chi connectivity index (χ2v) is 6.11. The average molecular weight is 289 g/mol. The molecule has 0 aliphatic carbocycles. The molecule has 1 aromatic carbocycles. The number of hydrogen-bond acceptors (Lipinski definition) is 3. The number of aromatic nitrogens is 2. The maximum atomic E-state index is 4.22. The van der Waals surface area contributed by atoms with Crippen LogP contribution in [0.15, 0.2) is 41.4 Å². The molecule has 1 atom stereocenters. The van der Waals surface area contributed by atoms with Crippen LogP contribution in [0.25, 0.3) is 0 Å². The van der Waals surface area contributed by atoms with Gasteiger partial charge in [-0.2, -0.15) is 5.10 Å². The van der Waals surface area contributed by atoms with Crippen LogP contribution in [0, 0.1) is 6.92 Å². The van der Waals surface area contributed by atoms with Gasteiger partial charge in [0.25, 0.3) is 0 Å². The highest BCUT2D eigenvalue weighted by molar-refractivity contribution is 7.99. The Hall–Kier alpha value is -1.26. The monoisotopic (exact) mass is 289 g/mol. The molecule has 0 saturated carbocycles. The standard InChI is InChI=1S/C16H23N3S/c1-13-6-4-5-7-16(13)20-12-14(17-2)8-9-15-10-11-18-19(15)3/h4-7,10-11,14,17H,8-9,12H2,1-3H3. The number of thioether (sulfide) groups is 1. The zero-order chi connectivity index (χ0) is 14.4. The van der Waals surface area contributed by atoms with E-state index >= 15 is 0 Å². The molecular weight excluding hydrogens is 266 g/mol. The Morgan fingerprint density at radius 2 is 2.10 bits per heavy atom. The van der Waals surface area contributed by atoms with Crippen molar-refractivity contribution >= 4 is 11.8 Å². The first kappa shape index (κ1) is 15.1. The molecule has 1 aromatic heterocycles. The largest absolute Gasteiger partial charge is 0.316 e. The van der Waals surface area contributed by atoms with E-state index in [1.54, 1.807) is 0 Å². The van der Waals surface area contributed by atoms with Gasteiger partial charge >= 0.3 is 0 Å². The molecule has 0 fully saturated rings. The molecule has 0 aliphatic heterocycles. The third-order valence-electron chi connectivity index (χ3n) is 3.61. The van der Waals surface area contributed by atoms with Crippen LogP contribution in [0.1, 0.15) is 17.7 Å². The van der Waals surface area contributed by atoms with Crippen molar-refractivity contribution in [3.63, 3.8) is 0 Å². The van der Waals surface area contributed by atoms with Gasteiger partial charge in [0, 0.05) is 35.6 Å². The smallest absolute Gasteiger partial charge is 0.0492 e. The maximum absolute atomic E-state index is 4.22. The van der Waals surface area contributed by atoms with Crippen molar-refractivity contribution in [2.45, 2.75) is 30.7 Å². The summed E-state index contributed by atoms with van der Waals surface area (Å²) in [5.41, 5.74) is 2.66. The highest BCUT2D eigenvalue weighted by atomic mass is 32.2. The van der Waals surface area contributed by atoms with Crippen LogP contribution in [0.2, 0.25) is 0 Å². The van der Waals surface area contributed by atoms with E-state index in [4.69, 9.17) is 0 Å². The fraction of sp³-hybridized carbons (Fsp3) is 0.438. The first-order valence-corrected chi connectivity index (χ1v) is 8.02. The van der Waals surface area contributed by atoms with Crippen LogP contribution < -0.4 is 5.32 Å². The number of hydrogen-bond donors (Lipinski definition) is 1. The number of aryl methyl sites for hydroxylation is 3. The Labute approximate surface area is 125 Å². The van der Waals surface area contributed by atoms with Crippen molar-refractivity contribution in [1.82, 2.24) is 15.1 Å². The van der Waals surface area contributed by atoms with Crippen molar-refractivity contribution < 1.29 is 0 Å². The Kier molecular flexibility index (Phi) is 5.68. The minimum absolute atomic E-state index is 0.523. The third kappa shape index (κ3) is 4.12. The Morgan fingerprint density at radius 3 is 2.75 bits per heavy atom. The lowest BCUT2D eigenvalue weighted by molar-refractivity contribution is 0.556. The molecule has 4 heteroatoms. The molecular formula is C16H23N3S. The van der Waals surface area contributed by atoms with Gasteiger partial charge in [0.2, 0.25) is 0 Å². The van der Waals surface area contributed by atoms with E-state index in [-0.39, 0.29) is 0 Å². The summed E-state index contributed by atoms with van der Waals surface area (Å²) in [5, 5.41) is 7.64. The van der Waals surface area contributed by atoms with E-state index in [0.29, 0.717) is 6.04 Å². The minimum atomic E-state index is 0.523. The molecule has 0 spiro atoms. The van der Waals surface area contributed by atoms with Gasteiger partial charge in [-0.25, -0.2) is 0 Å². The van der Waals surface area contributed by atoms with E-state index in [2.05, 4.69) is 47.7 Å². The van der Waals surface area contributed by atoms with Gasteiger partial charge in [0.1, 0.15) is 0 Å². The van der Waals surface area contributed by atoms with Crippen molar-refractivity contribution in [2.75, 3.05) is 12.8 Å². The second-order valence-electron chi connectivity index (χ2n) is 5.05. The number of rotatable bonds is 7. The predicted molar refractivity (Wildman–Crippen MR) is 86.3 cm³/mol. The van der Waals surface area contributed by atoms with Crippen LogP contribution in [0.3, 0.4) is 0 Å². The Bertz CT molecular complexity index is 536. The van der Waals surface area contributed by atoms with E-state index in [1.165, 1.54) is 16.2 Å². The molecule has 3 nitrogen and oxygen atoms in total. The lowest BCUT2D eigenvalue weighted by Crippen LogP contribution is -2.28. The molecule has 2 rings (SSSR count). The van der Waals surface area contributed by atoms with E-state index in [9.17, 15) is 0 Å². The molecule has 2 aromatic rings. The normalized spacial score (nSPS) is 12.6. The predicted octanol–water partition coefficient (Wildman–Crippen LogP) is 3.04. The summed E-state index contributed by atoms with van der Waals surface area (Å²) < 4.78 is 1.96. The fourth-order valence-corrected chi connectivity index (χ4v) is 3.37. The van der Waals surface area contributed by atoms with E-state index in [1.807, 2.05) is 36.7 Å². The summed E-state index contributed by atoms with van der Waals surface area (Å²) in [4.78, 5) is 1.38. The molecule has 1 unspecified atom stereocenters. The number of nitrogens with zero attached hydrogens (tertiary/aromatic N) is 2. The van der Waals surface area contributed by atoms with E-state index < -0.39 is 0 Å². The fourth-order valence-electron chi connectivity index (χ4n) is 2.19. The summed E-state index contributed by atoms with van der Waals surface area (Å²) in [6.45, 7) is 2.17. The van der Waals surface area contributed by atoms with E-state index in [0.717, 1.165) is 18.6 Å². The van der Waals surface area contributed by atoms with Gasteiger partial charge in [-0.1, -0.05) is 18.2 Å². The SMILES string of the molecule is CNC(CCc1ccnn1C)CSc1ccccc1C. The van der Waals surface area contributed by atoms with Crippen molar-refractivity contribution in [2.24, 2.45) is 7.05 Å². The van der Waals surface area contributed by atoms with Gasteiger partial charge in [0.05, 0.1) is 0 Å². The molecule has 0 aliphatic rings. The Balaban J connectivity index is 1.84. The summed E-state index contributed by atoms with van der Waals surface area (Å²) in [5.74, 6) is 1.10. The highest BCUT2D eigenvalue weighted by Gasteiger charge is 2.09. The molecule has 20 heavy (non-hydrogen) atoms. The summed E-state index contributed by atoms with van der Waals surface area (Å²) in [6.07, 6.45) is 4.07. The van der Waals surface area contributed by atoms with Gasteiger partial charge < -0.3 is 5.32 Å². The zero-order valence-corrected chi connectivity index (χ0v) is 13.3. The summed E-state index contributed by atoms with van der Waals surface area (Å²) in [7, 11) is 4.05. The van der Waals surface area contributed by atoms with Crippen LogP contribution in [-0.4, -0.2) is 28.6 Å². The molecule has 1 heterocycles. The van der Waals surface area contributed by atoms with Crippen LogP contribution >= 0.6 is 11.8 Å². The van der Waals surface area contributed by atoms with Gasteiger partial charge in [-0.15, -0.1) is 11.8 Å². The van der Waals surface area contributed by atoms with Crippen molar-refractivity contribution in [3.8, 4) is 0 Å². The summed E-state index contributed by atoms with van der Waals surface area (Å²) in [6, 6.07) is 11.2. The first-order chi connectivity index (χ1) is 9.70. The zero-order valence-electron chi connectivity index (χ0n) is 12.5. The van der Waals surface area contributed by atoms with Crippen molar-refractivity contribution in [1.29, 1.82) is 0 Å². The first-order valence-electron chi connectivity index (χ1n) is 7.03.